The molecule has 124 valence electrons. The van der Waals surface area contributed by atoms with Gasteiger partial charge in [-0.25, -0.2) is 0 Å². The lowest BCUT2D eigenvalue weighted by Crippen LogP contribution is -2.57. The van der Waals surface area contributed by atoms with Crippen molar-refractivity contribution in [2.75, 3.05) is 39.3 Å². The number of nitrogens with two attached hydrogens (primary N) is 1. The average Bonchev–Trinajstić information content (AvgIpc) is 2.49. The normalized spacial score (nSPS) is 20.9. The predicted octanol–water partition coefficient (Wildman–Crippen LogP) is -0.284. The van der Waals surface area contributed by atoms with Gasteiger partial charge in [0.2, 0.25) is 0 Å². The molecule has 0 spiro atoms. The fourth-order valence-electron chi connectivity index (χ4n) is 2.68. The Labute approximate surface area is 127 Å². The number of nitrogens with zero attached hydrogens (tertiary/aromatic N) is 4. The van der Waals surface area contributed by atoms with Crippen LogP contribution in [0.4, 0.5) is 0 Å². The molecule has 1 aliphatic heterocycles. The smallest absolute Gasteiger partial charge is 0.282 e. The Bertz CT molecular complexity index is 442. The molecule has 0 amide bonds. The van der Waals surface area contributed by atoms with E-state index in [9.17, 15) is 8.42 Å². The van der Waals surface area contributed by atoms with Crippen molar-refractivity contribution in [3.05, 3.63) is 0 Å². The van der Waals surface area contributed by atoms with E-state index in [1.807, 2.05) is 20.8 Å². The number of amidine groups is 1. The molecule has 1 saturated heterocycles. The van der Waals surface area contributed by atoms with Crippen molar-refractivity contribution in [2.24, 2.45) is 10.9 Å². The van der Waals surface area contributed by atoms with Crippen LogP contribution in [-0.2, 0) is 10.2 Å². The second kappa shape index (κ2) is 7.92. The van der Waals surface area contributed by atoms with Crippen molar-refractivity contribution in [3.8, 4) is 0 Å². The van der Waals surface area contributed by atoms with Gasteiger partial charge in [0.25, 0.3) is 10.2 Å². The first-order valence-electron chi connectivity index (χ1n) is 7.38. The maximum atomic E-state index is 12.4. The van der Waals surface area contributed by atoms with Gasteiger partial charge in [-0.3, -0.25) is 4.90 Å². The van der Waals surface area contributed by atoms with Crippen LogP contribution < -0.4 is 5.73 Å². The van der Waals surface area contributed by atoms with Crippen LogP contribution in [0, 0.1) is 0 Å². The first-order valence-corrected chi connectivity index (χ1v) is 8.78. The van der Waals surface area contributed by atoms with E-state index < -0.39 is 10.2 Å². The van der Waals surface area contributed by atoms with E-state index in [0.29, 0.717) is 39.3 Å². The molecule has 1 rings (SSSR count). The molecule has 1 aliphatic rings. The summed E-state index contributed by atoms with van der Waals surface area (Å²) in [6.45, 7) is 8.58. The van der Waals surface area contributed by atoms with E-state index in [1.54, 1.807) is 0 Å². The third-order valence-electron chi connectivity index (χ3n) is 3.92. The van der Waals surface area contributed by atoms with Gasteiger partial charge in [0, 0.05) is 39.3 Å². The zero-order chi connectivity index (χ0) is 16.0. The van der Waals surface area contributed by atoms with E-state index >= 15 is 0 Å². The number of oxime groups is 1. The van der Waals surface area contributed by atoms with Crippen LogP contribution in [0.15, 0.2) is 5.16 Å². The number of piperazine rings is 1. The molecule has 8 nitrogen and oxygen atoms in total. The van der Waals surface area contributed by atoms with Gasteiger partial charge in [-0.15, -0.1) is 0 Å². The highest BCUT2D eigenvalue weighted by Gasteiger charge is 2.33. The van der Waals surface area contributed by atoms with Gasteiger partial charge >= 0.3 is 0 Å². The minimum Gasteiger partial charge on any atom is -0.409 e. The molecule has 1 unspecified atom stereocenters. The Morgan fingerprint density at radius 3 is 2.14 bits per heavy atom. The molecule has 0 saturated carbocycles. The summed E-state index contributed by atoms with van der Waals surface area (Å²) in [6.07, 6.45) is 0.721. The molecule has 0 radical (unpaired) electrons. The van der Waals surface area contributed by atoms with Gasteiger partial charge in [-0.2, -0.15) is 17.0 Å². The second-order valence-electron chi connectivity index (χ2n) is 4.98. The Kier molecular flexibility index (Phi) is 6.85. The SMILES string of the molecule is CCC(C(N)=NO)N1CCN(S(=O)(=O)N(CC)CC)CC1. The molecule has 21 heavy (non-hydrogen) atoms. The molecule has 0 aromatic heterocycles. The Hall–Kier alpha value is -0.900. The fourth-order valence-corrected chi connectivity index (χ4v) is 4.28. The lowest BCUT2D eigenvalue weighted by molar-refractivity contribution is 0.156. The van der Waals surface area contributed by atoms with Crippen LogP contribution in [0.2, 0.25) is 0 Å². The maximum absolute atomic E-state index is 12.4. The monoisotopic (exact) mass is 321 g/mol. The van der Waals surface area contributed by atoms with E-state index in [2.05, 4.69) is 10.1 Å². The first-order chi connectivity index (χ1) is 9.92. The highest BCUT2D eigenvalue weighted by atomic mass is 32.2. The zero-order valence-electron chi connectivity index (χ0n) is 13.1. The highest BCUT2D eigenvalue weighted by Crippen LogP contribution is 2.15. The Balaban J connectivity index is 2.71. The minimum atomic E-state index is -3.38. The summed E-state index contributed by atoms with van der Waals surface area (Å²) in [5, 5.41) is 11.9. The topological polar surface area (TPSA) is 102 Å². The van der Waals surface area contributed by atoms with Crippen LogP contribution in [-0.4, -0.2) is 78.3 Å². The third kappa shape index (κ3) is 4.06. The molecule has 0 aromatic carbocycles. The summed E-state index contributed by atoms with van der Waals surface area (Å²) in [5.74, 6) is 0.178. The highest BCUT2D eigenvalue weighted by molar-refractivity contribution is 7.86. The van der Waals surface area contributed by atoms with Gasteiger partial charge < -0.3 is 10.9 Å². The molecule has 1 heterocycles. The lowest BCUT2D eigenvalue weighted by atomic mass is 10.1. The summed E-state index contributed by atoms with van der Waals surface area (Å²) >= 11 is 0. The van der Waals surface area contributed by atoms with Crippen LogP contribution in [0.3, 0.4) is 0 Å². The van der Waals surface area contributed by atoms with Crippen molar-refractivity contribution in [3.63, 3.8) is 0 Å². The molecule has 1 atom stereocenters. The standard InChI is InChI=1S/C12H27N5O3S/c1-4-11(12(13)14-18)15-7-9-17(10-8-15)21(19,20)16(5-2)6-3/h11,18H,4-10H2,1-3H3,(H2,13,14). The molecule has 0 bridgehead atoms. The summed E-state index contributed by atoms with van der Waals surface area (Å²) in [6, 6.07) is -0.145. The van der Waals surface area contributed by atoms with Crippen molar-refractivity contribution in [2.45, 2.75) is 33.2 Å². The maximum Gasteiger partial charge on any atom is 0.282 e. The minimum absolute atomic E-state index is 0.145. The second-order valence-corrected chi connectivity index (χ2v) is 6.90. The molecule has 1 fully saturated rings. The van der Waals surface area contributed by atoms with Gasteiger partial charge in [-0.1, -0.05) is 25.9 Å². The van der Waals surface area contributed by atoms with Crippen LogP contribution in [0.5, 0.6) is 0 Å². The number of hydrogen-bond acceptors (Lipinski definition) is 5. The van der Waals surface area contributed by atoms with Gasteiger partial charge in [0.1, 0.15) is 0 Å². The van der Waals surface area contributed by atoms with E-state index in [1.165, 1.54) is 8.61 Å². The number of hydrogen-bond donors (Lipinski definition) is 2. The van der Waals surface area contributed by atoms with Crippen LogP contribution in [0.1, 0.15) is 27.2 Å². The summed E-state index contributed by atoms with van der Waals surface area (Å²) in [4.78, 5) is 2.06. The quantitative estimate of drug-likeness (QED) is 0.290. The van der Waals surface area contributed by atoms with Crippen LogP contribution in [0.25, 0.3) is 0 Å². The Morgan fingerprint density at radius 2 is 1.76 bits per heavy atom. The lowest BCUT2D eigenvalue weighted by Gasteiger charge is -2.39. The van der Waals surface area contributed by atoms with Crippen molar-refractivity contribution in [1.82, 2.24) is 13.5 Å². The predicted molar refractivity (Wildman–Crippen MR) is 82.5 cm³/mol. The zero-order valence-corrected chi connectivity index (χ0v) is 13.9. The summed E-state index contributed by atoms with van der Waals surface area (Å²) < 4.78 is 27.8. The number of rotatable bonds is 7. The van der Waals surface area contributed by atoms with Crippen molar-refractivity contribution < 1.29 is 13.6 Å². The van der Waals surface area contributed by atoms with Crippen molar-refractivity contribution in [1.29, 1.82) is 0 Å². The molecule has 3 N–H and O–H groups in total. The molecule has 0 aliphatic carbocycles. The van der Waals surface area contributed by atoms with Gasteiger partial charge in [0.05, 0.1) is 6.04 Å². The van der Waals surface area contributed by atoms with Crippen LogP contribution >= 0.6 is 0 Å². The average molecular weight is 321 g/mol. The van der Waals surface area contributed by atoms with Crippen molar-refractivity contribution >= 4 is 16.0 Å². The van der Waals surface area contributed by atoms with E-state index in [0.717, 1.165) is 6.42 Å². The molecular weight excluding hydrogens is 294 g/mol. The first kappa shape index (κ1) is 18.1. The van der Waals surface area contributed by atoms with Gasteiger partial charge in [0.15, 0.2) is 5.84 Å². The fraction of sp³-hybridized carbons (Fsp3) is 0.917. The molecule has 0 aromatic rings. The van der Waals surface area contributed by atoms with Gasteiger partial charge in [-0.05, 0) is 6.42 Å². The Morgan fingerprint density at radius 1 is 1.24 bits per heavy atom. The summed E-state index contributed by atoms with van der Waals surface area (Å²) in [5.41, 5.74) is 5.69. The molecule has 9 heteroatoms. The summed E-state index contributed by atoms with van der Waals surface area (Å²) in [7, 11) is -3.38. The third-order valence-corrected chi connectivity index (χ3v) is 6.10. The largest absolute Gasteiger partial charge is 0.409 e. The van der Waals surface area contributed by atoms with E-state index in [4.69, 9.17) is 10.9 Å². The van der Waals surface area contributed by atoms with E-state index in [-0.39, 0.29) is 11.9 Å². The molecular formula is C12H27N5O3S.